The van der Waals surface area contributed by atoms with Crippen LogP contribution in [0.15, 0.2) is 56.8 Å². The summed E-state index contributed by atoms with van der Waals surface area (Å²) in [6.45, 7) is 10.5. The van der Waals surface area contributed by atoms with Crippen LogP contribution < -0.4 is 10.4 Å². The lowest BCUT2D eigenvalue weighted by molar-refractivity contribution is -0.171. The highest BCUT2D eigenvalue weighted by Crippen LogP contribution is 2.47. The summed E-state index contributed by atoms with van der Waals surface area (Å²) in [7, 11) is 0. The molecule has 0 unspecified atom stereocenters. The minimum absolute atomic E-state index is 0.272. The maximum atomic E-state index is 12.5. The molecule has 31 heavy (non-hydrogen) atoms. The zero-order valence-corrected chi connectivity index (χ0v) is 18.5. The average Bonchev–Trinajstić information content (AvgIpc) is 2.99. The molecule has 1 aromatic heterocycles. The summed E-state index contributed by atoms with van der Waals surface area (Å²) in [5.41, 5.74) is 0.554. The van der Waals surface area contributed by atoms with E-state index in [2.05, 4.69) is 0 Å². The molecular formula is C24H26O7. The molecule has 2 aromatic rings. The van der Waals surface area contributed by atoms with E-state index in [9.17, 15) is 14.4 Å². The Labute approximate surface area is 180 Å². The Morgan fingerprint density at radius 2 is 1.58 bits per heavy atom. The van der Waals surface area contributed by atoms with Gasteiger partial charge in [-0.25, -0.2) is 14.4 Å². The molecule has 2 heterocycles. The van der Waals surface area contributed by atoms with Crippen molar-refractivity contribution in [2.75, 3.05) is 0 Å². The summed E-state index contributed by atoms with van der Waals surface area (Å²) in [5.74, 6) is -0.711. The Morgan fingerprint density at radius 1 is 0.968 bits per heavy atom. The van der Waals surface area contributed by atoms with E-state index in [0.29, 0.717) is 16.7 Å². The summed E-state index contributed by atoms with van der Waals surface area (Å²) in [6.07, 6.45) is 0.922. The van der Waals surface area contributed by atoms with Gasteiger partial charge in [0.15, 0.2) is 12.2 Å². The van der Waals surface area contributed by atoms with E-state index in [1.165, 1.54) is 18.2 Å². The molecule has 3 rings (SSSR count). The Kier molecular flexibility index (Phi) is 6.06. The second-order valence-electron chi connectivity index (χ2n) is 8.51. The van der Waals surface area contributed by atoms with Crippen molar-refractivity contribution in [3.63, 3.8) is 0 Å². The molecule has 1 aliphatic heterocycles. The Balaban J connectivity index is 2.09. The maximum Gasteiger partial charge on any atom is 0.336 e. The summed E-state index contributed by atoms with van der Waals surface area (Å²) in [4.78, 5) is 36.7. The van der Waals surface area contributed by atoms with Gasteiger partial charge >= 0.3 is 17.6 Å². The molecule has 0 N–H and O–H groups in total. The van der Waals surface area contributed by atoms with Crippen molar-refractivity contribution in [1.29, 1.82) is 0 Å². The summed E-state index contributed by atoms with van der Waals surface area (Å²) in [5, 5.41) is 0.658. The zero-order valence-electron chi connectivity index (χ0n) is 18.5. The first-order valence-corrected chi connectivity index (χ1v) is 9.95. The smallest absolute Gasteiger partial charge is 0.336 e. The third kappa shape index (κ3) is 4.87. The van der Waals surface area contributed by atoms with Crippen LogP contribution in [-0.2, 0) is 19.1 Å². The molecule has 0 saturated carbocycles. The summed E-state index contributed by atoms with van der Waals surface area (Å²) >= 11 is 0. The van der Waals surface area contributed by atoms with Crippen molar-refractivity contribution in [2.24, 2.45) is 0 Å². The molecule has 0 spiro atoms. The lowest BCUT2D eigenvalue weighted by Crippen LogP contribution is -2.46. The number of carbonyl (C=O) groups is 2. The average molecular weight is 426 g/mol. The zero-order chi connectivity index (χ0) is 22.9. The fraction of sp³-hybridized carbons (Fsp3) is 0.375. The van der Waals surface area contributed by atoms with Crippen LogP contribution in [0.5, 0.6) is 5.75 Å². The van der Waals surface area contributed by atoms with Crippen LogP contribution in [-0.4, -0.2) is 23.6 Å². The number of hydrogen-bond donors (Lipinski definition) is 0. The van der Waals surface area contributed by atoms with Gasteiger partial charge in [0.05, 0.1) is 5.56 Å². The topological polar surface area (TPSA) is 92.0 Å². The number of rotatable bonds is 5. The second-order valence-corrected chi connectivity index (χ2v) is 8.51. The molecule has 7 nitrogen and oxygen atoms in total. The number of esters is 2. The van der Waals surface area contributed by atoms with Gasteiger partial charge in [0, 0.05) is 23.6 Å². The highest BCUT2D eigenvalue weighted by atomic mass is 16.6. The first kappa shape index (κ1) is 22.3. The predicted molar refractivity (Wildman–Crippen MR) is 115 cm³/mol. The lowest BCUT2D eigenvalue weighted by atomic mass is 9.93. The van der Waals surface area contributed by atoms with Crippen molar-refractivity contribution in [1.82, 2.24) is 0 Å². The van der Waals surface area contributed by atoms with E-state index in [1.54, 1.807) is 59.7 Å². The van der Waals surface area contributed by atoms with Crippen molar-refractivity contribution in [3.8, 4) is 5.75 Å². The van der Waals surface area contributed by atoms with Gasteiger partial charge in [0.25, 0.3) is 0 Å². The second kappa shape index (κ2) is 8.41. The first-order valence-electron chi connectivity index (χ1n) is 9.95. The number of carbonyl (C=O) groups excluding carboxylic acids is 2. The van der Waals surface area contributed by atoms with E-state index < -0.39 is 35.4 Å². The number of fused-ring (bicyclic) bond motifs is 3. The highest BCUT2D eigenvalue weighted by Gasteiger charge is 2.50. The van der Waals surface area contributed by atoms with E-state index in [0.717, 1.165) is 11.1 Å². The van der Waals surface area contributed by atoms with E-state index in [1.807, 2.05) is 0 Å². The molecule has 2 atom stereocenters. The monoisotopic (exact) mass is 426 g/mol. The quantitative estimate of drug-likeness (QED) is 0.398. The van der Waals surface area contributed by atoms with Crippen LogP contribution in [0.25, 0.3) is 11.0 Å². The number of ether oxygens (including phenoxy) is 3. The molecular weight excluding hydrogens is 400 g/mol. The minimum Gasteiger partial charge on any atom is -0.481 e. The molecule has 1 aliphatic rings. The van der Waals surface area contributed by atoms with E-state index in [4.69, 9.17) is 18.6 Å². The van der Waals surface area contributed by atoms with Gasteiger partial charge in [0.1, 0.15) is 16.9 Å². The van der Waals surface area contributed by atoms with E-state index >= 15 is 0 Å². The molecule has 0 radical (unpaired) electrons. The molecule has 164 valence electrons. The molecule has 0 aliphatic carbocycles. The standard InChI is InChI=1S/C24H26O7/c1-13(2)11-18(26)30-22-20-16(9-7-15-8-10-17(25)29-21(15)20)28-23(22)24(5,6)31-19(27)12-14(3)4/h7-12,22-23H,1-6H3/t22-,23-/m1/s1. The maximum absolute atomic E-state index is 12.5. The van der Waals surface area contributed by atoms with Crippen LogP contribution in [0.4, 0.5) is 0 Å². The molecule has 0 fully saturated rings. The Bertz CT molecular complexity index is 1140. The molecule has 1 aromatic carbocycles. The van der Waals surface area contributed by atoms with E-state index in [-0.39, 0.29) is 5.58 Å². The lowest BCUT2D eigenvalue weighted by Gasteiger charge is -2.33. The van der Waals surface area contributed by atoms with Crippen LogP contribution in [0.1, 0.15) is 53.2 Å². The molecule has 7 heteroatoms. The van der Waals surface area contributed by atoms with Gasteiger partial charge < -0.3 is 18.6 Å². The minimum atomic E-state index is -1.17. The van der Waals surface area contributed by atoms with Crippen molar-refractivity contribution in [2.45, 2.75) is 59.4 Å². The highest BCUT2D eigenvalue weighted by molar-refractivity contribution is 5.86. The third-order valence-corrected chi connectivity index (χ3v) is 4.71. The summed E-state index contributed by atoms with van der Waals surface area (Å²) in [6, 6.07) is 6.41. The van der Waals surface area contributed by atoms with Gasteiger partial charge in [0.2, 0.25) is 0 Å². The predicted octanol–water partition coefficient (Wildman–Crippen LogP) is 4.39. The number of allylic oxidation sites excluding steroid dienone is 2. The number of hydrogen-bond acceptors (Lipinski definition) is 7. The van der Waals surface area contributed by atoms with Gasteiger partial charge in [-0.05, 0) is 59.7 Å². The molecule has 0 bridgehead atoms. The SMILES string of the molecule is CC(C)=CC(=O)O[C@@H]1c2c(ccc3ccc(=O)oc23)O[C@H]1C(C)(C)OC(=O)C=C(C)C. The fourth-order valence-electron chi connectivity index (χ4n) is 3.46. The van der Waals surface area contributed by atoms with Crippen LogP contribution in [0, 0.1) is 0 Å². The fourth-order valence-corrected chi connectivity index (χ4v) is 3.46. The van der Waals surface area contributed by atoms with Crippen LogP contribution in [0.2, 0.25) is 0 Å². The van der Waals surface area contributed by atoms with Crippen molar-refractivity contribution >= 4 is 22.9 Å². The molecule has 0 saturated heterocycles. The van der Waals surface area contributed by atoms with Gasteiger partial charge in [-0.15, -0.1) is 0 Å². The van der Waals surface area contributed by atoms with Gasteiger partial charge in [-0.1, -0.05) is 11.1 Å². The number of benzene rings is 1. The van der Waals surface area contributed by atoms with Gasteiger partial charge in [-0.3, -0.25) is 0 Å². The largest absolute Gasteiger partial charge is 0.481 e. The summed E-state index contributed by atoms with van der Waals surface area (Å²) < 4.78 is 22.9. The third-order valence-electron chi connectivity index (χ3n) is 4.71. The Morgan fingerprint density at radius 3 is 2.23 bits per heavy atom. The van der Waals surface area contributed by atoms with Crippen molar-refractivity contribution in [3.05, 3.63) is 63.5 Å². The first-order chi connectivity index (χ1) is 14.5. The normalized spacial score (nSPS) is 17.4. The van der Waals surface area contributed by atoms with Crippen molar-refractivity contribution < 1.29 is 28.2 Å². The van der Waals surface area contributed by atoms with Gasteiger partial charge in [-0.2, -0.15) is 0 Å². The van der Waals surface area contributed by atoms with Crippen LogP contribution >= 0.6 is 0 Å². The Hall–Kier alpha value is -3.35. The van der Waals surface area contributed by atoms with Crippen LogP contribution in [0.3, 0.4) is 0 Å². The molecule has 0 amide bonds.